The van der Waals surface area contributed by atoms with E-state index in [0.717, 1.165) is 16.7 Å². The number of halogens is 3. The predicted octanol–water partition coefficient (Wildman–Crippen LogP) is 5.72. The van der Waals surface area contributed by atoms with Crippen LogP contribution in [0.2, 0.25) is 15.1 Å². The zero-order chi connectivity index (χ0) is 15.7. The Hall–Kier alpha value is -1.45. The Bertz CT molecular complexity index is 796. The molecule has 0 saturated heterocycles. The minimum Gasteiger partial charge on any atom is -0.384 e. The lowest BCUT2D eigenvalue weighted by Crippen LogP contribution is -2.00. The van der Waals surface area contributed by atoms with E-state index in [4.69, 9.17) is 34.8 Å². The minimum atomic E-state index is -0.799. The number of aliphatic hydroxyl groups excluding tert-OH is 1. The van der Waals surface area contributed by atoms with E-state index >= 15 is 0 Å². The molecule has 0 bridgehead atoms. The molecule has 0 unspecified atom stereocenters. The van der Waals surface area contributed by atoms with Crippen molar-refractivity contribution in [2.45, 2.75) is 6.10 Å². The van der Waals surface area contributed by atoms with Crippen molar-refractivity contribution >= 4 is 34.8 Å². The van der Waals surface area contributed by atoms with Gasteiger partial charge in [0.2, 0.25) is 0 Å². The molecule has 0 radical (unpaired) electrons. The van der Waals surface area contributed by atoms with Crippen molar-refractivity contribution in [1.29, 1.82) is 0 Å². The summed E-state index contributed by atoms with van der Waals surface area (Å²) in [6.07, 6.45) is 2.82. The molecule has 0 aliphatic carbocycles. The molecule has 22 heavy (non-hydrogen) atoms. The molecule has 112 valence electrons. The van der Waals surface area contributed by atoms with Crippen molar-refractivity contribution < 1.29 is 5.11 Å². The zero-order valence-corrected chi connectivity index (χ0v) is 13.6. The second-order valence-electron chi connectivity index (χ2n) is 4.91. The van der Waals surface area contributed by atoms with Crippen molar-refractivity contribution in [3.8, 4) is 11.1 Å². The summed E-state index contributed by atoms with van der Waals surface area (Å²) in [6, 6.07) is 12.6. The number of hydrogen-bond donors (Lipinski definition) is 2. The van der Waals surface area contributed by atoms with E-state index in [0.29, 0.717) is 20.6 Å². The molecule has 2 nitrogen and oxygen atoms in total. The molecule has 0 aliphatic rings. The van der Waals surface area contributed by atoms with E-state index in [1.165, 1.54) is 0 Å². The number of hydrogen-bond acceptors (Lipinski definition) is 1. The molecular weight excluding hydrogens is 341 g/mol. The Kier molecular flexibility index (Phi) is 4.46. The van der Waals surface area contributed by atoms with Gasteiger partial charge in [0.05, 0.1) is 10.0 Å². The van der Waals surface area contributed by atoms with E-state index in [-0.39, 0.29) is 0 Å². The van der Waals surface area contributed by atoms with Gasteiger partial charge in [-0.05, 0) is 35.4 Å². The van der Waals surface area contributed by atoms with Crippen molar-refractivity contribution in [3.05, 3.63) is 81.1 Å². The number of aliphatic hydroxyl groups is 1. The molecule has 2 aromatic carbocycles. The van der Waals surface area contributed by atoms with Gasteiger partial charge in [-0.2, -0.15) is 0 Å². The molecule has 0 spiro atoms. The summed E-state index contributed by atoms with van der Waals surface area (Å²) < 4.78 is 0. The first-order valence-electron chi connectivity index (χ1n) is 6.62. The van der Waals surface area contributed by atoms with Gasteiger partial charge in [-0.1, -0.05) is 53.0 Å². The van der Waals surface area contributed by atoms with Crippen LogP contribution in [0.25, 0.3) is 11.1 Å². The maximum absolute atomic E-state index is 10.6. The third-order valence-corrected chi connectivity index (χ3v) is 4.48. The SMILES string of the molecule is O[C@H](c1ccc(Cl)c(Cl)c1)c1c[nH]cc1-c1ccc(Cl)cc1. The van der Waals surface area contributed by atoms with Crippen LogP contribution in [0.5, 0.6) is 0 Å². The standard InChI is InChI=1S/C17H12Cl3NO/c18-12-4-1-10(2-5-12)13-8-21-9-14(13)17(22)11-3-6-15(19)16(20)7-11/h1-9,17,21-22H/t17-/m1/s1. The first-order valence-corrected chi connectivity index (χ1v) is 7.75. The van der Waals surface area contributed by atoms with Crippen molar-refractivity contribution in [2.24, 2.45) is 0 Å². The summed E-state index contributed by atoms with van der Waals surface area (Å²) in [5.74, 6) is 0. The monoisotopic (exact) mass is 351 g/mol. The van der Waals surface area contributed by atoms with Crippen LogP contribution >= 0.6 is 34.8 Å². The Morgan fingerprint density at radius 1 is 0.864 bits per heavy atom. The number of benzene rings is 2. The fourth-order valence-corrected chi connectivity index (χ4v) is 2.78. The first-order chi connectivity index (χ1) is 10.6. The average molecular weight is 353 g/mol. The largest absolute Gasteiger partial charge is 0.384 e. The lowest BCUT2D eigenvalue weighted by molar-refractivity contribution is 0.221. The van der Waals surface area contributed by atoms with Gasteiger partial charge in [-0.15, -0.1) is 0 Å². The lowest BCUT2D eigenvalue weighted by Gasteiger charge is -2.13. The summed E-state index contributed by atoms with van der Waals surface area (Å²) in [4.78, 5) is 3.04. The number of H-pyrrole nitrogens is 1. The van der Waals surface area contributed by atoms with Gasteiger partial charge in [-0.25, -0.2) is 0 Å². The normalized spacial score (nSPS) is 12.4. The number of nitrogens with one attached hydrogen (secondary N) is 1. The first kappa shape index (κ1) is 15.4. The Morgan fingerprint density at radius 2 is 1.59 bits per heavy atom. The smallest absolute Gasteiger partial charge is 0.106 e. The molecule has 1 atom stereocenters. The van der Waals surface area contributed by atoms with E-state index in [2.05, 4.69) is 4.98 Å². The van der Waals surface area contributed by atoms with E-state index in [1.54, 1.807) is 24.4 Å². The molecule has 0 aliphatic heterocycles. The number of aromatic nitrogens is 1. The molecule has 2 N–H and O–H groups in total. The van der Waals surface area contributed by atoms with Gasteiger partial charge in [0.15, 0.2) is 0 Å². The van der Waals surface area contributed by atoms with Crippen LogP contribution < -0.4 is 0 Å². The van der Waals surface area contributed by atoms with Crippen LogP contribution in [0.3, 0.4) is 0 Å². The van der Waals surface area contributed by atoms with Crippen LogP contribution in [-0.2, 0) is 0 Å². The molecular formula is C17H12Cl3NO. The summed E-state index contributed by atoms with van der Waals surface area (Å²) in [5, 5.41) is 12.2. The third kappa shape index (κ3) is 3.01. The predicted molar refractivity (Wildman–Crippen MR) is 91.8 cm³/mol. The molecule has 0 fully saturated rings. The van der Waals surface area contributed by atoms with Gasteiger partial charge in [0.25, 0.3) is 0 Å². The highest BCUT2D eigenvalue weighted by Gasteiger charge is 2.17. The quantitative estimate of drug-likeness (QED) is 0.621. The molecule has 1 aromatic heterocycles. The van der Waals surface area contributed by atoms with Crippen LogP contribution in [0.1, 0.15) is 17.2 Å². The molecule has 0 amide bonds. The van der Waals surface area contributed by atoms with Crippen molar-refractivity contribution in [2.75, 3.05) is 0 Å². The van der Waals surface area contributed by atoms with Crippen LogP contribution in [-0.4, -0.2) is 10.1 Å². The highest BCUT2D eigenvalue weighted by atomic mass is 35.5. The average Bonchev–Trinajstić information content (AvgIpc) is 2.99. The third-order valence-electron chi connectivity index (χ3n) is 3.49. The Morgan fingerprint density at radius 3 is 2.27 bits per heavy atom. The topological polar surface area (TPSA) is 36.0 Å². The van der Waals surface area contributed by atoms with E-state index < -0.39 is 6.10 Å². The highest BCUT2D eigenvalue weighted by molar-refractivity contribution is 6.42. The highest BCUT2D eigenvalue weighted by Crippen LogP contribution is 2.34. The molecule has 5 heteroatoms. The summed E-state index contributed by atoms with van der Waals surface area (Å²) in [5.41, 5.74) is 3.33. The van der Waals surface area contributed by atoms with Crippen LogP contribution in [0, 0.1) is 0 Å². The maximum Gasteiger partial charge on any atom is 0.106 e. The molecule has 3 aromatic rings. The van der Waals surface area contributed by atoms with Crippen molar-refractivity contribution in [1.82, 2.24) is 4.98 Å². The fourth-order valence-electron chi connectivity index (χ4n) is 2.34. The fraction of sp³-hybridized carbons (Fsp3) is 0.0588. The second kappa shape index (κ2) is 6.35. The minimum absolute atomic E-state index is 0.418. The summed E-state index contributed by atoms with van der Waals surface area (Å²) >= 11 is 17.9. The maximum atomic E-state index is 10.6. The zero-order valence-electron chi connectivity index (χ0n) is 11.4. The number of rotatable bonds is 3. The second-order valence-corrected chi connectivity index (χ2v) is 6.16. The Balaban J connectivity index is 2.00. The number of aromatic amines is 1. The van der Waals surface area contributed by atoms with Gasteiger partial charge < -0.3 is 10.1 Å². The van der Waals surface area contributed by atoms with Crippen molar-refractivity contribution in [3.63, 3.8) is 0 Å². The van der Waals surface area contributed by atoms with Crippen LogP contribution in [0.15, 0.2) is 54.9 Å². The summed E-state index contributed by atoms with van der Waals surface area (Å²) in [6.45, 7) is 0. The van der Waals surface area contributed by atoms with Gasteiger partial charge in [0, 0.05) is 28.5 Å². The molecule has 0 saturated carbocycles. The molecule has 3 rings (SSSR count). The lowest BCUT2D eigenvalue weighted by atomic mass is 9.97. The van der Waals surface area contributed by atoms with E-state index in [9.17, 15) is 5.11 Å². The van der Waals surface area contributed by atoms with Gasteiger partial charge >= 0.3 is 0 Å². The van der Waals surface area contributed by atoms with Gasteiger partial charge in [-0.3, -0.25) is 0 Å². The Labute approximate surface area is 143 Å². The summed E-state index contributed by atoms with van der Waals surface area (Å²) in [7, 11) is 0. The molecule has 1 heterocycles. The van der Waals surface area contributed by atoms with E-state index in [1.807, 2.05) is 30.5 Å². The van der Waals surface area contributed by atoms with Crippen LogP contribution in [0.4, 0.5) is 0 Å². The van der Waals surface area contributed by atoms with Gasteiger partial charge in [0.1, 0.15) is 6.10 Å².